The van der Waals surface area contributed by atoms with Crippen molar-refractivity contribution in [3.8, 4) is 11.3 Å². The molecular formula is C25H25N. The maximum Gasteiger partial charge on any atom is 0.0788 e. The molecule has 0 aliphatic heterocycles. The van der Waals surface area contributed by atoms with Crippen LogP contribution >= 0.6 is 0 Å². The van der Waals surface area contributed by atoms with E-state index in [1.165, 1.54) is 53.0 Å². The van der Waals surface area contributed by atoms with Crippen LogP contribution in [0.4, 0.5) is 0 Å². The van der Waals surface area contributed by atoms with Crippen molar-refractivity contribution < 1.29 is 0 Å². The summed E-state index contributed by atoms with van der Waals surface area (Å²) in [4.78, 5) is 5.02. The van der Waals surface area contributed by atoms with E-state index >= 15 is 0 Å². The Morgan fingerprint density at radius 1 is 0.692 bits per heavy atom. The van der Waals surface area contributed by atoms with E-state index in [2.05, 4.69) is 79.7 Å². The highest BCUT2D eigenvalue weighted by molar-refractivity contribution is 6.10. The fraction of sp³-hybridized carbons (Fsp3) is 0.240. The van der Waals surface area contributed by atoms with Crippen molar-refractivity contribution in [2.24, 2.45) is 0 Å². The van der Waals surface area contributed by atoms with Crippen LogP contribution in [0.5, 0.6) is 0 Å². The van der Waals surface area contributed by atoms with Gasteiger partial charge in [-0.15, -0.1) is 0 Å². The van der Waals surface area contributed by atoms with Gasteiger partial charge < -0.3 is 0 Å². The van der Waals surface area contributed by atoms with Crippen molar-refractivity contribution in [3.05, 3.63) is 78.4 Å². The Labute approximate surface area is 155 Å². The van der Waals surface area contributed by atoms with Crippen LogP contribution in [0.15, 0.2) is 72.8 Å². The lowest BCUT2D eigenvalue weighted by Gasteiger charge is -2.11. The van der Waals surface area contributed by atoms with Crippen LogP contribution in [0.2, 0.25) is 0 Å². The van der Waals surface area contributed by atoms with Gasteiger partial charge in [0.15, 0.2) is 0 Å². The fourth-order valence-corrected chi connectivity index (χ4v) is 3.73. The maximum atomic E-state index is 5.02. The van der Waals surface area contributed by atoms with Gasteiger partial charge in [0.2, 0.25) is 0 Å². The molecule has 4 aromatic rings. The molecule has 0 radical (unpaired) electrons. The van der Waals surface area contributed by atoms with Gasteiger partial charge in [0.05, 0.1) is 11.2 Å². The van der Waals surface area contributed by atoms with Gasteiger partial charge >= 0.3 is 0 Å². The van der Waals surface area contributed by atoms with Gasteiger partial charge in [-0.3, -0.25) is 0 Å². The van der Waals surface area contributed by atoms with Gasteiger partial charge in [0, 0.05) is 16.3 Å². The summed E-state index contributed by atoms with van der Waals surface area (Å²) in [6, 6.07) is 26.0. The monoisotopic (exact) mass is 339 g/mol. The van der Waals surface area contributed by atoms with Crippen molar-refractivity contribution in [2.75, 3.05) is 0 Å². The van der Waals surface area contributed by atoms with Crippen molar-refractivity contribution in [1.29, 1.82) is 0 Å². The summed E-state index contributed by atoms with van der Waals surface area (Å²) < 4.78 is 0. The van der Waals surface area contributed by atoms with Gasteiger partial charge in [0.25, 0.3) is 0 Å². The first-order chi connectivity index (χ1) is 12.9. The Kier molecular flexibility index (Phi) is 4.97. The number of pyridine rings is 1. The molecule has 0 amide bonds. The Balaban J connectivity index is 1.81. The molecule has 0 saturated carbocycles. The summed E-state index contributed by atoms with van der Waals surface area (Å²) in [6.45, 7) is 2.26. The summed E-state index contributed by atoms with van der Waals surface area (Å²) in [7, 11) is 0. The number of fused-ring (bicyclic) bond motifs is 3. The van der Waals surface area contributed by atoms with Crippen molar-refractivity contribution in [1.82, 2.24) is 4.98 Å². The molecule has 0 saturated heterocycles. The Hall–Kier alpha value is -2.67. The number of aryl methyl sites for hydroxylation is 1. The van der Waals surface area contributed by atoms with Gasteiger partial charge in [-0.2, -0.15) is 0 Å². The second-order valence-corrected chi connectivity index (χ2v) is 7.03. The lowest BCUT2D eigenvalue weighted by atomic mass is 9.97. The minimum Gasteiger partial charge on any atom is -0.247 e. The van der Waals surface area contributed by atoms with E-state index in [9.17, 15) is 0 Å². The molecule has 0 fully saturated rings. The van der Waals surface area contributed by atoms with Crippen LogP contribution in [-0.4, -0.2) is 4.98 Å². The quantitative estimate of drug-likeness (QED) is 0.268. The number of hydrogen-bond acceptors (Lipinski definition) is 1. The molecule has 0 unspecified atom stereocenters. The van der Waals surface area contributed by atoms with E-state index in [1.807, 2.05) is 0 Å². The smallest absolute Gasteiger partial charge is 0.0788 e. The Bertz CT molecular complexity index is 1020. The van der Waals surface area contributed by atoms with E-state index in [0.717, 1.165) is 17.6 Å². The standard InChI is InChI=1S/C25H25N/c1-2-3-4-6-11-19-16-17-24-23(18-19)21-14-9-10-15-22(21)25(26-24)20-12-7-5-8-13-20/h5,7-10,12-18H,2-4,6,11H2,1H3. The van der Waals surface area contributed by atoms with Crippen LogP contribution in [-0.2, 0) is 6.42 Å². The first kappa shape index (κ1) is 16.8. The van der Waals surface area contributed by atoms with Gasteiger partial charge in [-0.05, 0) is 35.9 Å². The number of unbranched alkanes of at least 4 members (excludes halogenated alkanes) is 3. The molecule has 1 nitrogen and oxygen atoms in total. The lowest BCUT2D eigenvalue weighted by Crippen LogP contribution is -1.92. The molecule has 0 spiro atoms. The molecule has 0 aliphatic rings. The predicted octanol–water partition coefficient (Wildman–Crippen LogP) is 7.18. The van der Waals surface area contributed by atoms with Crippen LogP contribution in [0.3, 0.4) is 0 Å². The Morgan fingerprint density at radius 3 is 2.27 bits per heavy atom. The summed E-state index contributed by atoms with van der Waals surface area (Å²) in [6.07, 6.45) is 6.37. The van der Waals surface area contributed by atoms with Crippen molar-refractivity contribution >= 4 is 21.7 Å². The Morgan fingerprint density at radius 2 is 1.46 bits per heavy atom. The number of rotatable bonds is 6. The van der Waals surface area contributed by atoms with E-state index in [0.29, 0.717) is 0 Å². The predicted molar refractivity (Wildman–Crippen MR) is 113 cm³/mol. The zero-order valence-corrected chi connectivity index (χ0v) is 15.4. The fourth-order valence-electron chi connectivity index (χ4n) is 3.73. The number of aromatic nitrogens is 1. The maximum absolute atomic E-state index is 5.02. The average Bonchev–Trinajstić information content (AvgIpc) is 2.71. The zero-order chi connectivity index (χ0) is 17.8. The minimum absolute atomic E-state index is 1.07. The highest BCUT2D eigenvalue weighted by atomic mass is 14.7. The summed E-state index contributed by atoms with van der Waals surface area (Å²) in [5, 5.41) is 3.80. The topological polar surface area (TPSA) is 12.9 Å². The molecule has 0 atom stereocenters. The molecule has 26 heavy (non-hydrogen) atoms. The average molecular weight is 339 g/mol. The van der Waals surface area contributed by atoms with Crippen LogP contribution < -0.4 is 0 Å². The van der Waals surface area contributed by atoms with Gasteiger partial charge in [-0.1, -0.05) is 86.8 Å². The molecule has 130 valence electrons. The second-order valence-electron chi connectivity index (χ2n) is 7.03. The largest absolute Gasteiger partial charge is 0.247 e. The van der Waals surface area contributed by atoms with Crippen LogP contribution in [0.1, 0.15) is 38.2 Å². The normalized spacial score (nSPS) is 11.3. The zero-order valence-electron chi connectivity index (χ0n) is 15.4. The molecule has 0 aliphatic carbocycles. The van der Waals surface area contributed by atoms with Crippen LogP contribution in [0, 0.1) is 0 Å². The third-order valence-corrected chi connectivity index (χ3v) is 5.13. The molecular weight excluding hydrogens is 314 g/mol. The third kappa shape index (κ3) is 3.35. The highest BCUT2D eigenvalue weighted by Crippen LogP contribution is 2.32. The van der Waals surface area contributed by atoms with Gasteiger partial charge in [0.1, 0.15) is 0 Å². The molecule has 0 bridgehead atoms. The summed E-state index contributed by atoms with van der Waals surface area (Å²) in [5.41, 5.74) is 4.76. The minimum atomic E-state index is 1.07. The lowest BCUT2D eigenvalue weighted by molar-refractivity contribution is 0.667. The van der Waals surface area contributed by atoms with E-state index in [-0.39, 0.29) is 0 Å². The van der Waals surface area contributed by atoms with Crippen LogP contribution in [0.25, 0.3) is 32.9 Å². The van der Waals surface area contributed by atoms with Crippen molar-refractivity contribution in [2.45, 2.75) is 39.0 Å². The van der Waals surface area contributed by atoms with Gasteiger partial charge in [-0.25, -0.2) is 4.98 Å². The van der Waals surface area contributed by atoms with E-state index in [4.69, 9.17) is 4.98 Å². The first-order valence-electron chi connectivity index (χ1n) is 9.73. The summed E-state index contributed by atoms with van der Waals surface area (Å²) in [5.74, 6) is 0. The molecule has 1 heteroatoms. The molecule has 1 heterocycles. The van der Waals surface area contributed by atoms with Crippen molar-refractivity contribution in [3.63, 3.8) is 0 Å². The third-order valence-electron chi connectivity index (χ3n) is 5.13. The van der Waals surface area contributed by atoms with E-state index in [1.54, 1.807) is 0 Å². The second kappa shape index (κ2) is 7.70. The first-order valence-corrected chi connectivity index (χ1v) is 9.73. The highest BCUT2D eigenvalue weighted by Gasteiger charge is 2.10. The molecule has 1 aromatic heterocycles. The summed E-state index contributed by atoms with van der Waals surface area (Å²) >= 11 is 0. The molecule has 0 N–H and O–H groups in total. The molecule has 3 aromatic carbocycles. The van der Waals surface area contributed by atoms with E-state index < -0.39 is 0 Å². The number of hydrogen-bond donors (Lipinski definition) is 0. The number of nitrogens with zero attached hydrogens (tertiary/aromatic N) is 1. The number of benzene rings is 3. The SMILES string of the molecule is CCCCCCc1ccc2nc(-c3ccccc3)c3ccccc3c2c1. The molecule has 4 rings (SSSR count).